The Labute approximate surface area is 109 Å². The first-order valence-corrected chi connectivity index (χ1v) is 7.28. The number of aliphatic hydroxyl groups is 1. The van der Waals surface area contributed by atoms with E-state index in [9.17, 15) is 5.11 Å². The molecular weight excluding hydrogens is 230 g/mol. The summed E-state index contributed by atoms with van der Waals surface area (Å²) in [7, 11) is 0. The lowest BCUT2D eigenvalue weighted by molar-refractivity contribution is 0.0317. The Morgan fingerprint density at radius 2 is 1.88 bits per heavy atom. The Balaban J connectivity index is 2.46. The fraction of sp³-hybridized carbons (Fsp3) is 0.714. The maximum absolute atomic E-state index is 10.2. The monoisotopic (exact) mass is 255 g/mol. The molecule has 0 saturated heterocycles. The first-order valence-electron chi connectivity index (χ1n) is 6.40. The number of hydrogen-bond acceptors (Lipinski definition) is 3. The minimum Gasteiger partial charge on any atom is -0.389 e. The Morgan fingerprint density at radius 3 is 2.35 bits per heavy atom. The van der Waals surface area contributed by atoms with Crippen molar-refractivity contribution in [3.05, 3.63) is 22.4 Å². The minimum atomic E-state index is -0.550. The summed E-state index contributed by atoms with van der Waals surface area (Å²) < 4.78 is 0. The molecule has 2 nitrogen and oxygen atoms in total. The van der Waals surface area contributed by atoms with Crippen molar-refractivity contribution in [2.24, 2.45) is 0 Å². The molecule has 0 saturated carbocycles. The van der Waals surface area contributed by atoms with Crippen molar-refractivity contribution < 1.29 is 5.11 Å². The molecule has 0 amide bonds. The van der Waals surface area contributed by atoms with E-state index in [1.54, 1.807) is 11.3 Å². The summed E-state index contributed by atoms with van der Waals surface area (Å²) in [6, 6.07) is 4.27. The number of thiophene rings is 1. The van der Waals surface area contributed by atoms with Gasteiger partial charge >= 0.3 is 0 Å². The molecule has 0 bridgehead atoms. The van der Waals surface area contributed by atoms with Crippen molar-refractivity contribution in [1.29, 1.82) is 0 Å². The first kappa shape index (κ1) is 14.7. The van der Waals surface area contributed by atoms with Gasteiger partial charge in [0, 0.05) is 23.4 Å². The van der Waals surface area contributed by atoms with Gasteiger partial charge in [0.2, 0.25) is 0 Å². The van der Waals surface area contributed by atoms with Crippen LogP contribution in [0.1, 0.15) is 45.4 Å². The summed E-state index contributed by atoms with van der Waals surface area (Å²) in [6.07, 6.45) is 1.60. The molecule has 0 unspecified atom stereocenters. The topological polar surface area (TPSA) is 32.3 Å². The standard InChI is InChI=1S/C14H25NOS/c1-5-14(16,6-2)11-15-10-13(3,4)12-8-7-9-17-12/h7-9,15-16H,5-6,10-11H2,1-4H3. The van der Waals surface area contributed by atoms with Gasteiger partial charge in [0.1, 0.15) is 0 Å². The van der Waals surface area contributed by atoms with E-state index in [-0.39, 0.29) is 5.41 Å². The fourth-order valence-electron chi connectivity index (χ4n) is 1.86. The van der Waals surface area contributed by atoms with Crippen LogP contribution < -0.4 is 5.32 Å². The van der Waals surface area contributed by atoms with Gasteiger partial charge in [0.05, 0.1) is 5.60 Å². The summed E-state index contributed by atoms with van der Waals surface area (Å²) in [5, 5.41) is 15.7. The van der Waals surface area contributed by atoms with Crippen molar-refractivity contribution >= 4 is 11.3 Å². The van der Waals surface area contributed by atoms with Crippen LogP contribution in [-0.2, 0) is 5.41 Å². The first-order chi connectivity index (χ1) is 7.93. The van der Waals surface area contributed by atoms with Crippen LogP contribution in [0.3, 0.4) is 0 Å². The smallest absolute Gasteiger partial charge is 0.0766 e. The second-order valence-electron chi connectivity index (χ2n) is 5.40. The molecule has 98 valence electrons. The molecule has 0 fully saturated rings. The number of hydrogen-bond donors (Lipinski definition) is 2. The largest absolute Gasteiger partial charge is 0.389 e. The lowest BCUT2D eigenvalue weighted by Gasteiger charge is -2.29. The zero-order valence-electron chi connectivity index (χ0n) is 11.4. The summed E-state index contributed by atoms with van der Waals surface area (Å²) in [4.78, 5) is 1.39. The molecule has 1 rings (SSSR count). The normalized spacial score (nSPS) is 13.0. The lowest BCUT2D eigenvalue weighted by atomic mass is 9.90. The Bertz CT molecular complexity index is 315. The molecule has 3 heteroatoms. The van der Waals surface area contributed by atoms with Crippen LogP contribution in [0.5, 0.6) is 0 Å². The van der Waals surface area contributed by atoms with E-state index in [0.29, 0.717) is 6.54 Å². The maximum Gasteiger partial charge on any atom is 0.0766 e. The van der Waals surface area contributed by atoms with Crippen LogP contribution in [0.2, 0.25) is 0 Å². The highest BCUT2D eigenvalue weighted by Crippen LogP contribution is 2.26. The highest BCUT2D eigenvalue weighted by atomic mass is 32.1. The van der Waals surface area contributed by atoms with Crippen LogP contribution >= 0.6 is 11.3 Å². The quantitative estimate of drug-likeness (QED) is 0.784. The van der Waals surface area contributed by atoms with Crippen molar-refractivity contribution in [1.82, 2.24) is 5.32 Å². The van der Waals surface area contributed by atoms with Crippen molar-refractivity contribution in [2.75, 3.05) is 13.1 Å². The Kier molecular flexibility index (Phi) is 5.17. The molecule has 17 heavy (non-hydrogen) atoms. The molecule has 1 aromatic heterocycles. The summed E-state index contributed by atoms with van der Waals surface area (Å²) >= 11 is 1.80. The molecule has 0 radical (unpaired) electrons. The second kappa shape index (κ2) is 5.98. The molecule has 0 aromatic carbocycles. The Hall–Kier alpha value is -0.380. The molecule has 0 aliphatic rings. The zero-order chi connectivity index (χ0) is 12.9. The van der Waals surface area contributed by atoms with E-state index in [4.69, 9.17) is 0 Å². The van der Waals surface area contributed by atoms with Gasteiger partial charge in [-0.05, 0) is 24.3 Å². The van der Waals surface area contributed by atoms with Crippen LogP contribution in [0.15, 0.2) is 17.5 Å². The van der Waals surface area contributed by atoms with Crippen LogP contribution in [-0.4, -0.2) is 23.8 Å². The maximum atomic E-state index is 10.2. The minimum absolute atomic E-state index is 0.135. The predicted octanol–water partition coefficient (Wildman–Crippen LogP) is 3.17. The van der Waals surface area contributed by atoms with E-state index in [2.05, 4.69) is 36.7 Å². The molecule has 2 N–H and O–H groups in total. The average Bonchev–Trinajstić information content (AvgIpc) is 2.82. The van der Waals surface area contributed by atoms with Gasteiger partial charge in [-0.25, -0.2) is 0 Å². The molecule has 0 aliphatic heterocycles. The van der Waals surface area contributed by atoms with E-state index < -0.39 is 5.60 Å². The van der Waals surface area contributed by atoms with Crippen molar-refractivity contribution in [3.63, 3.8) is 0 Å². The summed E-state index contributed by atoms with van der Waals surface area (Å²) in [5.41, 5.74) is -0.415. The molecule has 1 heterocycles. The van der Waals surface area contributed by atoms with Crippen LogP contribution in [0, 0.1) is 0 Å². The molecule has 0 aliphatic carbocycles. The van der Waals surface area contributed by atoms with Crippen LogP contribution in [0.25, 0.3) is 0 Å². The van der Waals surface area contributed by atoms with E-state index >= 15 is 0 Å². The lowest BCUT2D eigenvalue weighted by Crippen LogP contribution is -2.43. The Morgan fingerprint density at radius 1 is 1.24 bits per heavy atom. The van der Waals surface area contributed by atoms with Gasteiger partial charge in [-0.1, -0.05) is 33.8 Å². The van der Waals surface area contributed by atoms with Gasteiger partial charge < -0.3 is 10.4 Å². The third-order valence-electron chi connectivity index (χ3n) is 3.53. The fourth-order valence-corrected chi connectivity index (χ4v) is 2.71. The number of rotatable bonds is 7. The molecule has 0 atom stereocenters. The molecular formula is C14H25NOS. The summed E-state index contributed by atoms with van der Waals surface area (Å²) in [5.74, 6) is 0. The van der Waals surface area contributed by atoms with E-state index in [0.717, 1.165) is 19.4 Å². The molecule has 1 aromatic rings. The SMILES string of the molecule is CCC(O)(CC)CNCC(C)(C)c1cccs1. The average molecular weight is 255 g/mol. The van der Waals surface area contributed by atoms with Crippen LogP contribution in [0.4, 0.5) is 0 Å². The molecule has 0 spiro atoms. The van der Waals surface area contributed by atoms with Gasteiger partial charge in [0.15, 0.2) is 0 Å². The van der Waals surface area contributed by atoms with Gasteiger partial charge in [-0.15, -0.1) is 11.3 Å². The zero-order valence-corrected chi connectivity index (χ0v) is 12.2. The highest BCUT2D eigenvalue weighted by molar-refractivity contribution is 7.10. The number of nitrogens with one attached hydrogen (secondary N) is 1. The van der Waals surface area contributed by atoms with Gasteiger partial charge in [0.25, 0.3) is 0 Å². The summed E-state index contributed by atoms with van der Waals surface area (Å²) in [6.45, 7) is 10.1. The van der Waals surface area contributed by atoms with E-state index in [1.807, 2.05) is 13.8 Å². The second-order valence-corrected chi connectivity index (χ2v) is 6.34. The third-order valence-corrected chi connectivity index (χ3v) is 4.76. The van der Waals surface area contributed by atoms with Crippen molar-refractivity contribution in [3.8, 4) is 0 Å². The van der Waals surface area contributed by atoms with Gasteiger partial charge in [-0.3, -0.25) is 0 Å². The van der Waals surface area contributed by atoms with Gasteiger partial charge in [-0.2, -0.15) is 0 Å². The third kappa shape index (κ3) is 4.09. The van der Waals surface area contributed by atoms with E-state index in [1.165, 1.54) is 4.88 Å². The predicted molar refractivity (Wildman–Crippen MR) is 75.7 cm³/mol. The highest BCUT2D eigenvalue weighted by Gasteiger charge is 2.25. The van der Waals surface area contributed by atoms with Crippen molar-refractivity contribution in [2.45, 2.75) is 51.6 Å².